The molecule has 0 aliphatic heterocycles. The second-order valence-electron chi connectivity index (χ2n) is 4.13. The smallest absolute Gasteiger partial charge is 0.244 e. The van der Waals surface area contributed by atoms with Crippen LogP contribution in [0.4, 0.5) is 0 Å². The molecule has 0 aliphatic carbocycles. The highest BCUT2D eigenvalue weighted by molar-refractivity contribution is 6.30. The number of carbonyl (C=O) groups is 1. The summed E-state index contributed by atoms with van der Waals surface area (Å²) in [4.78, 5) is 11.7. The van der Waals surface area contributed by atoms with E-state index in [1.54, 1.807) is 6.07 Å². The summed E-state index contributed by atoms with van der Waals surface area (Å²) >= 11 is 5.89. The van der Waals surface area contributed by atoms with Gasteiger partial charge in [0.05, 0.1) is 12.6 Å². The van der Waals surface area contributed by atoms with Gasteiger partial charge in [0.15, 0.2) is 0 Å². The first-order valence-corrected chi connectivity index (χ1v) is 6.30. The lowest BCUT2D eigenvalue weighted by atomic mass is 10.1. The molecule has 1 rings (SSSR count). The fourth-order valence-corrected chi connectivity index (χ4v) is 1.72. The predicted molar refractivity (Wildman–Crippen MR) is 74.4 cm³/mol. The maximum Gasteiger partial charge on any atom is 0.244 e. The average Bonchev–Trinajstić information content (AvgIpc) is 2.35. The lowest BCUT2D eigenvalue weighted by Gasteiger charge is -2.12. The molecular formula is C14H18ClNO2. The normalized spacial score (nSPS) is 13.2. The Balaban J connectivity index is 2.74. The number of aliphatic hydroxyl groups is 1. The van der Waals surface area contributed by atoms with E-state index in [9.17, 15) is 4.79 Å². The zero-order chi connectivity index (χ0) is 13.5. The van der Waals surface area contributed by atoms with E-state index in [1.807, 2.05) is 32.0 Å². The van der Waals surface area contributed by atoms with Crippen LogP contribution < -0.4 is 5.32 Å². The molecule has 0 aliphatic rings. The summed E-state index contributed by atoms with van der Waals surface area (Å²) < 4.78 is 0. The minimum Gasteiger partial charge on any atom is -0.394 e. The van der Waals surface area contributed by atoms with Gasteiger partial charge in [-0.1, -0.05) is 30.7 Å². The Bertz CT molecular complexity index is 439. The van der Waals surface area contributed by atoms with Crippen molar-refractivity contribution < 1.29 is 9.90 Å². The first-order chi connectivity index (χ1) is 8.56. The van der Waals surface area contributed by atoms with Gasteiger partial charge in [0.25, 0.3) is 0 Å². The average molecular weight is 268 g/mol. The van der Waals surface area contributed by atoms with Gasteiger partial charge in [0, 0.05) is 11.1 Å². The van der Waals surface area contributed by atoms with E-state index in [-0.39, 0.29) is 18.6 Å². The minimum absolute atomic E-state index is 0.0493. The number of benzene rings is 1. The Morgan fingerprint density at radius 2 is 2.28 bits per heavy atom. The first kappa shape index (κ1) is 14.7. The topological polar surface area (TPSA) is 49.3 Å². The summed E-state index contributed by atoms with van der Waals surface area (Å²) in [6, 6.07) is 7.14. The highest BCUT2D eigenvalue weighted by atomic mass is 35.5. The third-order valence-corrected chi connectivity index (χ3v) is 2.92. The number of carbonyl (C=O) groups excluding carboxylic acids is 1. The number of hydrogen-bond acceptors (Lipinski definition) is 2. The van der Waals surface area contributed by atoms with E-state index in [1.165, 1.54) is 6.08 Å². The molecule has 2 N–H and O–H groups in total. The van der Waals surface area contributed by atoms with E-state index in [2.05, 4.69) is 5.32 Å². The summed E-state index contributed by atoms with van der Waals surface area (Å²) in [6.45, 7) is 3.71. The second kappa shape index (κ2) is 7.19. The van der Waals surface area contributed by atoms with Crippen molar-refractivity contribution >= 4 is 23.1 Å². The maximum absolute atomic E-state index is 11.7. The summed E-state index contributed by atoms with van der Waals surface area (Å²) in [5.74, 6) is -0.201. The van der Waals surface area contributed by atoms with Crippen molar-refractivity contribution in [2.45, 2.75) is 26.3 Å². The van der Waals surface area contributed by atoms with Gasteiger partial charge in [-0.2, -0.15) is 0 Å². The van der Waals surface area contributed by atoms with Crippen LogP contribution in [0.2, 0.25) is 5.02 Å². The molecule has 0 saturated heterocycles. The monoisotopic (exact) mass is 267 g/mol. The van der Waals surface area contributed by atoms with Gasteiger partial charge >= 0.3 is 0 Å². The molecule has 1 unspecified atom stereocenters. The predicted octanol–water partition coefficient (Wildman–Crippen LogP) is 2.63. The largest absolute Gasteiger partial charge is 0.394 e. The van der Waals surface area contributed by atoms with Gasteiger partial charge in [-0.25, -0.2) is 0 Å². The Labute approximate surface area is 112 Å². The van der Waals surface area contributed by atoms with E-state index in [4.69, 9.17) is 16.7 Å². The summed E-state index contributed by atoms with van der Waals surface area (Å²) in [5.41, 5.74) is 1.75. The highest BCUT2D eigenvalue weighted by Crippen LogP contribution is 2.18. The van der Waals surface area contributed by atoms with Crippen molar-refractivity contribution in [3.05, 3.63) is 40.9 Å². The molecule has 98 valence electrons. The molecule has 0 saturated carbocycles. The van der Waals surface area contributed by atoms with Crippen LogP contribution in [0.3, 0.4) is 0 Å². The van der Waals surface area contributed by atoms with Crippen LogP contribution in [0, 0.1) is 0 Å². The summed E-state index contributed by atoms with van der Waals surface area (Å²) in [5, 5.41) is 12.4. The SMILES string of the molecule is CCC(CO)NC(=O)/C=C(/C)c1cccc(Cl)c1. The molecule has 0 spiro atoms. The number of hydrogen-bond donors (Lipinski definition) is 2. The van der Waals surface area contributed by atoms with Crippen molar-refractivity contribution in [1.82, 2.24) is 5.32 Å². The molecule has 3 nitrogen and oxygen atoms in total. The number of aliphatic hydroxyl groups excluding tert-OH is 1. The molecule has 4 heteroatoms. The number of nitrogens with one attached hydrogen (secondary N) is 1. The van der Waals surface area contributed by atoms with E-state index < -0.39 is 0 Å². The maximum atomic E-state index is 11.7. The molecule has 0 fully saturated rings. The number of amides is 1. The van der Waals surface area contributed by atoms with Crippen LogP contribution in [-0.2, 0) is 4.79 Å². The van der Waals surface area contributed by atoms with Gasteiger partial charge in [-0.15, -0.1) is 0 Å². The lowest BCUT2D eigenvalue weighted by Crippen LogP contribution is -2.35. The van der Waals surface area contributed by atoms with Crippen LogP contribution >= 0.6 is 11.6 Å². The third-order valence-electron chi connectivity index (χ3n) is 2.69. The van der Waals surface area contributed by atoms with Crippen LogP contribution in [0.25, 0.3) is 5.57 Å². The van der Waals surface area contributed by atoms with Crippen LogP contribution in [0.15, 0.2) is 30.3 Å². The standard InChI is InChI=1S/C14H18ClNO2/c1-3-13(9-17)16-14(18)7-10(2)11-5-4-6-12(15)8-11/h4-8,13,17H,3,9H2,1-2H3,(H,16,18)/b10-7-. The van der Waals surface area contributed by atoms with Crippen LogP contribution in [0.1, 0.15) is 25.8 Å². The fourth-order valence-electron chi connectivity index (χ4n) is 1.53. The summed E-state index contributed by atoms with van der Waals surface area (Å²) in [6.07, 6.45) is 2.22. The van der Waals surface area contributed by atoms with Crippen molar-refractivity contribution in [1.29, 1.82) is 0 Å². The van der Waals surface area contributed by atoms with E-state index in [0.29, 0.717) is 11.4 Å². The van der Waals surface area contributed by atoms with Gasteiger partial charge in [0.1, 0.15) is 0 Å². The molecule has 1 aromatic carbocycles. The second-order valence-corrected chi connectivity index (χ2v) is 4.57. The highest BCUT2D eigenvalue weighted by Gasteiger charge is 2.07. The van der Waals surface area contributed by atoms with Crippen molar-refractivity contribution in [2.75, 3.05) is 6.61 Å². The van der Waals surface area contributed by atoms with Crippen molar-refractivity contribution in [3.63, 3.8) is 0 Å². The number of halogens is 1. The fraction of sp³-hybridized carbons (Fsp3) is 0.357. The first-order valence-electron chi connectivity index (χ1n) is 5.92. The molecule has 1 aromatic rings. The zero-order valence-electron chi connectivity index (χ0n) is 10.6. The third kappa shape index (κ3) is 4.51. The quantitative estimate of drug-likeness (QED) is 0.806. The van der Waals surface area contributed by atoms with Gasteiger partial charge in [-0.3, -0.25) is 4.79 Å². The molecule has 0 radical (unpaired) electrons. The minimum atomic E-state index is -0.201. The molecule has 0 heterocycles. The molecule has 18 heavy (non-hydrogen) atoms. The van der Waals surface area contributed by atoms with Crippen molar-refractivity contribution in [2.24, 2.45) is 0 Å². The van der Waals surface area contributed by atoms with Crippen molar-refractivity contribution in [3.8, 4) is 0 Å². The van der Waals surface area contributed by atoms with Crippen LogP contribution in [0.5, 0.6) is 0 Å². The molecule has 0 bridgehead atoms. The molecular weight excluding hydrogens is 250 g/mol. The van der Waals surface area contributed by atoms with Crippen LogP contribution in [-0.4, -0.2) is 23.7 Å². The van der Waals surface area contributed by atoms with Gasteiger partial charge < -0.3 is 10.4 Å². The summed E-state index contributed by atoms with van der Waals surface area (Å²) in [7, 11) is 0. The Morgan fingerprint density at radius 1 is 1.56 bits per heavy atom. The van der Waals surface area contributed by atoms with E-state index in [0.717, 1.165) is 11.1 Å². The molecule has 0 aromatic heterocycles. The Kier molecular flexibility index (Phi) is 5.89. The van der Waals surface area contributed by atoms with Gasteiger partial charge in [-0.05, 0) is 36.6 Å². The van der Waals surface area contributed by atoms with Gasteiger partial charge in [0.2, 0.25) is 5.91 Å². The zero-order valence-corrected chi connectivity index (χ0v) is 11.4. The van der Waals surface area contributed by atoms with E-state index >= 15 is 0 Å². The lowest BCUT2D eigenvalue weighted by molar-refractivity contribution is -0.117. The Morgan fingerprint density at radius 3 is 2.83 bits per heavy atom. The molecule has 1 atom stereocenters. The Hall–Kier alpha value is -1.32. The number of rotatable bonds is 5. The molecule has 1 amide bonds. The number of allylic oxidation sites excluding steroid dienone is 1.